The molecule has 1 aromatic carbocycles. The van der Waals surface area contributed by atoms with Crippen molar-refractivity contribution >= 4 is 17.6 Å². The molecule has 8 heteroatoms. The molecule has 2 N–H and O–H groups in total. The number of hydrogen-bond donors (Lipinski definition) is 2. The number of esters is 1. The average molecular weight is 450 g/mol. The Morgan fingerprint density at radius 1 is 1.12 bits per heavy atom. The van der Waals surface area contributed by atoms with E-state index in [9.17, 15) is 9.59 Å². The number of rotatable bonds is 5. The van der Waals surface area contributed by atoms with E-state index in [0.29, 0.717) is 28.2 Å². The van der Waals surface area contributed by atoms with Gasteiger partial charge in [-0.3, -0.25) is 4.79 Å². The van der Waals surface area contributed by atoms with Gasteiger partial charge in [-0.15, -0.1) is 10.2 Å². The third-order valence-electron chi connectivity index (χ3n) is 6.06. The van der Waals surface area contributed by atoms with Crippen LogP contribution in [0.25, 0.3) is 11.4 Å². The van der Waals surface area contributed by atoms with Crippen molar-refractivity contribution in [2.24, 2.45) is 0 Å². The molecule has 1 amide bonds. The van der Waals surface area contributed by atoms with Gasteiger partial charge in [0, 0.05) is 29.9 Å². The number of anilines is 1. The van der Waals surface area contributed by atoms with E-state index < -0.39 is 5.97 Å². The number of amides is 1. The van der Waals surface area contributed by atoms with E-state index in [1.54, 1.807) is 27.7 Å². The van der Waals surface area contributed by atoms with Crippen molar-refractivity contribution in [2.75, 3.05) is 5.32 Å². The Labute approximate surface area is 193 Å². The molecule has 4 rings (SSSR count). The van der Waals surface area contributed by atoms with E-state index in [2.05, 4.69) is 25.1 Å². The zero-order chi connectivity index (χ0) is 23.7. The first-order valence-corrected chi connectivity index (χ1v) is 11.5. The standard InChI is InChI=1S/C25H31N5O3/c1-14(2)33-25(32)21-16(4)22(26-17(21)5)24(31)27-19-13-18(11-10-15(19)3)23-29-28-20-9-7-6-8-12-30(20)23/h10-11,13-14,26H,6-9,12H2,1-5H3,(H,27,31). The molecule has 0 fully saturated rings. The molecule has 2 aromatic heterocycles. The minimum Gasteiger partial charge on any atom is -0.459 e. The fourth-order valence-corrected chi connectivity index (χ4v) is 4.34. The molecule has 0 radical (unpaired) electrons. The quantitative estimate of drug-likeness (QED) is 0.548. The van der Waals surface area contributed by atoms with Crippen LogP contribution in [0, 0.1) is 20.8 Å². The third-order valence-corrected chi connectivity index (χ3v) is 6.06. The Morgan fingerprint density at radius 3 is 2.67 bits per heavy atom. The number of benzene rings is 1. The molecule has 0 unspecified atom stereocenters. The summed E-state index contributed by atoms with van der Waals surface area (Å²) in [4.78, 5) is 28.7. The number of aryl methyl sites for hydroxylation is 3. The summed E-state index contributed by atoms with van der Waals surface area (Å²) in [6, 6.07) is 5.92. The highest BCUT2D eigenvalue weighted by Gasteiger charge is 2.24. The third kappa shape index (κ3) is 4.55. The molecule has 1 aliphatic rings. The molecule has 0 saturated heterocycles. The predicted molar refractivity (Wildman–Crippen MR) is 127 cm³/mol. The Bertz CT molecular complexity index is 1210. The van der Waals surface area contributed by atoms with Crippen LogP contribution < -0.4 is 5.32 Å². The molecule has 33 heavy (non-hydrogen) atoms. The van der Waals surface area contributed by atoms with Crippen LogP contribution in [0.3, 0.4) is 0 Å². The largest absolute Gasteiger partial charge is 0.459 e. The Hall–Kier alpha value is -3.42. The molecule has 0 spiro atoms. The molecule has 3 aromatic rings. The number of H-pyrrole nitrogens is 1. The molecule has 174 valence electrons. The van der Waals surface area contributed by atoms with Gasteiger partial charge in [-0.25, -0.2) is 4.79 Å². The topological polar surface area (TPSA) is 102 Å². The van der Waals surface area contributed by atoms with E-state index in [-0.39, 0.29) is 12.0 Å². The maximum atomic E-state index is 13.1. The predicted octanol–water partition coefficient (Wildman–Crippen LogP) is 4.74. The van der Waals surface area contributed by atoms with Gasteiger partial charge >= 0.3 is 5.97 Å². The second-order valence-corrected chi connectivity index (χ2v) is 8.97. The molecule has 0 aliphatic carbocycles. The first kappa shape index (κ1) is 22.8. The normalized spacial score (nSPS) is 13.5. The Morgan fingerprint density at radius 2 is 1.91 bits per heavy atom. The lowest BCUT2D eigenvalue weighted by molar-refractivity contribution is 0.0376. The van der Waals surface area contributed by atoms with Crippen molar-refractivity contribution < 1.29 is 14.3 Å². The number of ether oxygens (including phenoxy) is 1. The lowest BCUT2D eigenvalue weighted by Crippen LogP contribution is -2.16. The highest BCUT2D eigenvalue weighted by atomic mass is 16.5. The van der Waals surface area contributed by atoms with Crippen molar-refractivity contribution in [3.63, 3.8) is 0 Å². The van der Waals surface area contributed by atoms with E-state index in [4.69, 9.17) is 4.74 Å². The first-order valence-electron chi connectivity index (χ1n) is 11.5. The van der Waals surface area contributed by atoms with Gasteiger partial charge in [-0.2, -0.15) is 0 Å². The Balaban J connectivity index is 1.61. The second-order valence-electron chi connectivity index (χ2n) is 8.97. The molecular weight excluding hydrogens is 418 g/mol. The second kappa shape index (κ2) is 9.21. The summed E-state index contributed by atoms with van der Waals surface area (Å²) in [6.07, 6.45) is 4.14. The number of nitrogens with zero attached hydrogens (tertiary/aromatic N) is 3. The zero-order valence-electron chi connectivity index (χ0n) is 19.9. The van der Waals surface area contributed by atoms with Gasteiger partial charge in [0.15, 0.2) is 5.82 Å². The van der Waals surface area contributed by atoms with Crippen LogP contribution in [-0.4, -0.2) is 37.7 Å². The average Bonchev–Trinajstić information content (AvgIpc) is 3.19. The first-order chi connectivity index (χ1) is 15.8. The highest BCUT2D eigenvalue weighted by Crippen LogP contribution is 2.28. The van der Waals surface area contributed by atoms with Crippen LogP contribution in [0.1, 0.15) is 76.6 Å². The zero-order valence-corrected chi connectivity index (χ0v) is 19.9. The SMILES string of the molecule is Cc1ccc(-c2nnc3n2CCCCC3)cc1NC(=O)c1[nH]c(C)c(C(=O)OC(C)C)c1C. The lowest BCUT2D eigenvalue weighted by Gasteiger charge is -2.12. The monoisotopic (exact) mass is 449 g/mol. The molecule has 1 aliphatic heterocycles. The van der Waals surface area contributed by atoms with Gasteiger partial charge in [0.2, 0.25) is 0 Å². The van der Waals surface area contributed by atoms with Crippen molar-refractivity contribution in [3.05, 3.63) is 52.1 Å². The van der Waals surface area contributed by atoms with E-state index in [1.165, 1.54) is 6.42 Å². The van der Waals surface area contributed by atoms with Crippen LogP contribution in [0.4, 0.5) is 5.69 Å². The number of carbonyl (C=O) groups excluding carboxylic acids is 2. The number of hydrogen-bond acceptors (Lipinski definition) is 5. The molecular formula is C25H31N5O3. The van der Waals surface area contributed by atoms with Gasteiger partial charge in [0.05, 0.1) is 11.7 Å². The lowest BCUT2D eigenvalue weighted by atomic mass is 10.1. The van der Waals surface area contributed by atoms with Gasteiger partial charge in [-0.05, 0) is 64.7 Å². The van der Waals surface area contributed by atoms with Crippen LogP contribution in [0.2, 0.25) is 0 Å². The van der Waals surface area contributed by atoms with Crippen LogP contribution in [-0.2, 0) is 17.7 Å². The van der Waals surface area contributed by atoms with Crippen LogP contribution in [0.15, 0.2) is 18.2 Å². The van der Waals surface area contributed by atoms with Gasteiger partial charge < -0.3 is 19.6 Å². The van der Waals surface area contributed by atoms with E-state index >= 15 is 0 Å². The van der Waals surface area contributed by atoms with Crippen LogP contribution in [0.5, 0.6) is 0 Å². The Kier molecular flexibility index (Phi) is 6.35. The van der Waals surface area contributed by atoms with Gasteiger partial charge in [-0.1, -0.05) is 18.6 Å². The molecule has 8 nitrogen and oxygen atoms in total. The molecule has 0 saturated carbocycles. The summed E-state index contributed by atoms with van der Waals surface area (Å²) in [5, 5.41) is 11.8. The summed E-state index contributed by atoms with van der Waals surface area (Å²) < 4.78 is 7.52. The summed E-state index contributed by atoms with van der Waals surface area (Å²) in [5.74, 6) is 1.11. The molecule has 0 atom stereocenters. The van der Waals surface area contributed by atoms with Gasteiger partial charge in [0.1, 0.15) is 11.5 Å². The number of aromatic nitrogens is 4. The minimum absolute atomic E-state index is 0.235. The van der Waals surface area contributed by atoms with Crippen molar-refractivity contribution in [2.45, 2.75) is 73.0 Å². The number of carbonyl (C=O) groups is 2. The van der Waals surface area contributed by atoms with Gasteiger partial charge in [0.25, 0.3) is 5.91 Å². The van der Waals surface area contributed by atoms with Crippen LogP contribution >= 0.6 is 0 Å². The maximum Gasteiger partial charge on any atom is 0.340 e. The maximum absolute atomic E-state index is 13.1. The number of nitrogens with one attached hydrogen (secondary N) is 2. The summed E-state index contributed by atoms with van der Waals surface area (Å²) in [6.45, 7) is 9.97. The molecule has 0 bridgehead atoms. The van der Waals surface area contributed by atoms with E-state index in [1.807, 2.05) is 25.1 Å². The van der Waals surface area contributed by atoms with Crippen molar-refractivity contribution in [1.82, 2.24) is 19.7 Å². The highest BCUT2D eigenvalue weighted by molar-refractivity contribution is 6.07. The fraction of sp³-hybridized carbons (Fsp3) is 0.440. The smallest absolute Gasteiger partial charge is 0.340 e. The summed E-state index contributed by atoms with van der Waals surface area (Å²) >= 11 is 0. The summed E-state index contributed by atoms with van der Waals surface area (Å²) in [7, 11) is 0. The summed E-state index contributed by atoms with van der Waals surface area (Å²) in [5.41, 5.74) is 4.49. The van der Waals surface area contributed by atoms with Crippen molar-refractivity contribution in [3.8, 4) is 11.4 Å². The minimum atomic E-state index is -0.430. The van der Waals surface area contributed by atoms with E-state index in [0.717, 1.165) is 48.6 Å². The fourth-order valence-electron chi connectivity index (χ4n) is 4.34. The molecule has 3 heterocycles. The number of fused-ring (bicyclic) bond motifs is 1. The number of aromatic amines is 1. The van der Waals surface area contributed by atoms with Crippen molar-refractivity contribution in [1.29, 1.82) is 0 Å².